The number of carboxylic acid groups (broad SMARTS) is 1. The number of ketones is 1. The highest BCUT2D eigenvalue weighted by Gasteiger charge is 2.54. The number of halogens is 3. The van der Waals surface area contributed by atoms with Gasteiger partial charge in [0.25, 0.3) is 0 Å². The predicted octanol–water partition coefficient (Wildman–Crippen LogP) is 2.46. The average Bonchev–Trinajstić information content (AvgIpc) is 3.38. The molecule has 2 aromatic carbocycles. The smallest absolute Gasteiger partial charge is 0.322 e. The van der Waals surface area contributed by atoms with E-state index in [2.05, 4.69) is 39.6 Å². The van der Waals surface area contributed by atoms with Crippen LogP contribution < -0.4 is 16.0 Å². The summed E-state index contributed by atoms with van der Waals surface area (Å²) in [7, 11) is 0. The fraction of sp³-hybridized carbons (Fsp3) is 0.531. The highest BCUT2D eigenvalue weighted by molar-refractivity contribution is 6.16. The lowest BCUT2D eigenvalue weighted by Crippen LogP contribution is -2.66. The van der Waals surface area contributed by atoms with Crippen LogP contribution >= 0.6 is 24.8 Å². The van der Waals surface area contributed by atoms with E-state index in [9.17, 15) is 23.9 Å². The Hall–Kier alpha value is -2.80. The lowest BCUT2D eigenvalue weighted by molar-refractivity contribution is -0.143. The number of Topliss-reactive ketones (excluding diaryl/α,β-unsaturated/α-hetero) is 1. The first kappa shape index (κ1) is 36.7. The van der Waals surface area contributed by atoms with E-state index in [4.69, 9.17) is 4.74 Å². The van der Waals surface area contributed by atoms with Crippen LogP contribution in [0.4, 0.5) is 10.1 Å². The molecule has 45 heavy (non-hydrogen) atoms. The summed E-state index contributed by atoms with van der Waals surface area (Å²) in [5.74, 6) is -2.36. The van der Waals surface area contributed by atoms with Gasteiger partial charge in [0.1, 0.15) is 12.4 Å². The maximum atomic E-state index is 14.7. The topological polar surface area (TPSA) is 123 Å². The summed E-state index contributed by atoms with van der Waals surface area (Å²) in [5, 5.41) is 18.6. The number of aliphatic carboxylic acids is 1. The van der Waals surface area contributed by atoms with Crippen molar-refractivity contribution in [1.82, 2.24) is 20.4 Å². The van der Waals surface area contributed by atoms with Gasteiger partial charge in [-0.05, 0) is 56.5 Å². The number of amides is 1. The average molecular weight is 669 g/mol. The number of rotatable bonds is 10. The van der Waals surface area contributed by atoms with Crippen molar-refractivity contribution in [1.29, 1.82) is 0 Å². The van der Waals surface area contributed by atoms with Crippen molar-refractivity contribution in [2.75, 3.05) is 57.8 Å². The fourth-order valence-corrected chi connectivity index (χ4v) is 6.66. The molecular formula is C32H44Cl2FN5O5. The second kappa shape index (κ2) is 15.7. The monoisotopic (exact) mass is 667 g/mol. The molecule has 3 aliphatic heterocycles. The molecule has 0 aromatic heterocycles. The molecule has 248 valence electrons. The summed E-state index contributed by atoms with van der Waals surface area (Å²) >= 11 is 0. The van der Waals surface area contributed by atoms with Crippen LogP contribution in [0.3, 0.4) is 0 Å². The number of benzene rings is 2. The highest BCUT2D eigenvalue weighted by atomic mass is 35.5. The van der Waals surface area contributed by atoms with Crippen molar-refractivity contribution < 1.29 is 28.6 Å². The summed E-state index contributed by atoms with van der Waals surface area (Å²) in [6.45, 7) is 9.83. The van der Waals surface area contributed by atoms with E-state index in [0.717, 1.165) is 24.2 Å². The molecule has 5 rings (SSSR count). The van der Waals surface area contributed by atoms with Gasteiger partial charge in [0.05, 0.1) is 19.3 Å². The molecule has 0 aliphatic carbocycles. The molecule has 1 amide bonds. The Balaban J connectivity index is 0.00000276. The summed E-state index contributed by atoms with van der Waals surface area (Å²) in [6, 6.07) is 11.8. The zero-order valence-corrected chi connectivity index (χ0v) is 27.5. The van der Waals surface area contributed by atoms with Crippen LogP contribution in [-0.2, 0) is 31.0 Å². The van der Waals surface area contributed by atoms with Gasteiger partial charge in [0, 0.05) is 62.1 Å². The molecule has 10 nitrogen and oxygen atoms in total. The normalized spacial score (nSPS) is 25.6. The number of anilines is 1. The maximum Gasteiger partial charge on any atom is 0.322 e. The Bertz CT molecular complexity index is 1350. The number of hydrogen-bond donors (Lipinski definition) is 4. The number of carbonyl (C=O) groups excluding carboxylic acids is 2. The zero-order valence-electron chi connectivity index (χ0n) is 25.9. The van der Waals surface area contributed by atoms with Crippen LogP contribution in [0.25, 0.3) is 0 Å². The Morgan fingerprint density at radius 3 is 2.53 bits per heavy atom. The predicted molar refractivity (Wildman–Crippen MR) is 175 cm³/mol. The van der Waals surface area contributed by atoms with Gasteiger partial charge in [-0.25, -0.2) is 4.39 Å². The molecule has 4 N–H and O–H groups in total. The molecule has 0 spiro atoms. The highest BCUT2D eigenvalue weighted by Crippen LogP contribution is 2.40. The van der Waals surface area contributed by atoms with Crippen LogP contribution in [-0.4, -0.2) is 109 Å². The minimum atomic E-state index is -1.59. The van der Waals surface area contributed by atoms with Crippen molar-refractivity contribution in [2.45, 2.75) is 56.8 Å². The SMILES string of the molecule is CC(C(=O)C1(C(=O)NCC(=O)O)CNc2cc(Cc3ccc(F)cc3)ccc21)N1C[C@@H](C)NC[C@@H]1CN1CCOC[C@H]1C.Cl.Cl. The standard InChI is InChI=1S/C32H42FN5O5.2ClH/c1-20-16-38(26(14-34-20)17-37-10-11-43-18-21(37)2)22(3)30(41)32(31(42)35-15-29(39)40)19-36-28-13-24(6-9-27(28)32)12-23-4-7-25(33)8-5-23;;/h4-9,13,20-22,26,34,36H,10-12,14-19H2,1-3H3,(H,35,42)(H,39,40);2*1H/t20-,21-,22?,26-,32?;;/m1../s1. The molecular weight excluding hydrogens is 624 g/mol. The maximum absolute atomic E-state index is 14.7. The van der Waals surface area contributed by atoms with E-state index >= 15 is 0 Å². The third kappa shape index (κ3) is 7.96. The minimum Gasteiger partial charge on any atom is -0.480 e. The molecule has 3 aliphatic rings. The van der Waals surface area contributed by atoms with E-state index in [-0.39, 0.29) is 61.1 Å². The Labute approximate surface area is 276 Å². The van der Waals surface area contributed by atoms with Crippen molar-refractivity contribution in [2.24, 2.45) is 0 Å². The van der Waals surface area contributed by atoms with Gasteiger partial charge in [-0.15, -0.1) is 24.8 Å². The molecule has 0 saturated carbocycles. The molecule has 2 aromatic rings. The van der Waals surface area contributed by atoms with Crippen molar-refractivity contribution in [3.8, 4) is 0 Å². The van der Waals surface area contributed by atoms with E-state index in [1.54, 1.807) is 18.2 Å². The number of ether oxygens (including phenoxy) is 1. The van der Waals surface area contributed by atoms with Crippen LogP contribution in [0.5, 0.6) is 0 Å². The Kier molecular flexibility index (Phi) is 12.8. The van der Waals surface area contributed by atoms with Crippen LogP contribution in [0.2, 0.25) is 0 Å². The van der Waals surface area contributed by atoms with Crippen LogP contribution in [0, 0.1) is 5.82 Å². The zero-order chi connectivity index (χ0) is 30.7. The molecule has 3 heterocycles. The first-order chi connectivity index (χ1) is 20.6. The summed E-state index contributed by atoms with van der Waals surface area (Å²) in [6.07, 6.45) is 0.554. The summed E-state index contributed by atoms with van der Waals surface area (Å²) in [5.41, 5.74) is 1.48. The molecule has 5 atom stereocenters. The van der Waals surface area contributed by atoms with E-state index in [1.165, 1.54) is 12.1 Å². The third-order valence-corrected chi connectivity index (χ3v) is 9.10. The second-order valence-corrected chi connectivity index (χ2v) is 12.1. The number of carbonyl (C=O) groups is 3. The van der Waals surface area contributed by atoms with Gasteiger partial charge in [0.15, 0.2) is 11.2 Å². The molecule has 2 fully saturated rings. The minimum absolute atomic E-state index is 0. The fourth-order valence-electron chi connectivity index (χ4n) is 6.66. The third-order valence-electron chi connectivity index (χ3n) is 9.10. The van der Waals surface area contributed by atoms with Crippen molar-refractivity contribution in [3.63, 3.8) is 0 Å². The van der Waals surface area contributed by atoms with Gasteiger partial charge in [-0.2, -0.15) is 0 Å². The lowest BCUT2D eigenvalue weighted by atomic mass is 9.74. The van der Waals surface area contributed by atoms with Gasteiger partial charge in [0.2, 0.25) is 5.91 Å². The number of fused-ring (bicyclic) bond motifs is 1. The van der Waals surface area contributed by atoms with Crippen molar-refractivity contribution in [3.05, 3.63) is 65.0 Å². The number of morpholine rings is 1. The largest absolute Gasteiger partial charge is 0.480 e. The quantitative estimate of drug-likeness (QED) is 0.283. The van der Waals surface area contributed by atoms with Crippen LogP contribution in [0.1, 0.15) is 37.5 Å². The number of carboxylic acids is 1. The van der Waals surface area contributed by atoms with Gasteiger partial charge >= 0.3 is 5.97 Å². The van der Waals surface area contributed by atoms with E-state index in [0.29, 0.717) is 44.0 Å². The van der Waals surface area contributed by atoms with Gasteiger partial charge in [-0.3, -0.25) is 24.2 Å². The molecule has 0 radical (unpaired) electrons. The number of nitrogens with zero attached hydrogens (tertiary/aromatic N) is 2. The number of nitrogens with one attached hydrogen (secondary N) is 3. The molecule has 2 saturated heterocycles. The summed E-state index contributed by atoms with van der Waals surface area (Å²) < 4.78 is 19.0. The Morgan fingerprint density at radius 1 is 1.13 bits per heavy atom. The van der Waals surface area contributed by atoms with E-state index < -0.39 is 29.9 Å². The molecule has 2 unspecified atom stereocenters. The summed E-state index contributed by atoms with van der Waals surface area (Å²) in [4.78, 5) is 44.5. The van der Waals surface area contributed by atoms with Crippen molar-refractivity contribution >= 4 is 48.2 Å². The second-order valence-electron chi connectivity index (χ2n) is 12.1. The van der Waals surface area contributed by atoms with E-state index in [1.807, 2.05) is 19.1 Å². The van der Waals surface area contributed by atoms with Crippen LogP contribution in [0.15, 0.2) is 42.5 Å². The molecule has 0 bridgehead atoms. The van der Waals surface area contributed by atoms with Gasteiger partial charge < -0.3 is 25.8 Å². The first-order valence-corrected chi connectivity index (χ1v) is 15.1. The number of hydrogen-bond acceptors (Lipinski definition) is 8. The Morgan fingerprint density at radius 2 is 1.84 bits per heavy atom. The molecule has 13 heteroatoms. The number of piperazine rings is 1. The van der Waals surface area contributed by atoms with Gasteiger partial charge in [-0.1, -0.05) is 24.3 Å². The first-order valence-electron chi connectivity index (χ1n) is 15.1. The lowest BCUT2D eigenvalue weighted by Gasteiger charge is -2.46.